The Morgan fingerprint density at radius 1 is 1.44 bits per heavy atom. The number of benzene rings is 1. The summed E-state index contributed by atoms with van der Waals surface area (Å²) in [5.41, 5.74) is 0.515. The van der Waals surface area contributed by atoms with E-state index in [1.54, 1.807) is 13.0 Å². The average molecular weight is 243 g/mol. The predicted octanol–water partition coefficient (Wildman–Crippen LogP) is 3.88. The van der Waals surface area contributed by atoms with E-state index >= 15 is 0 Å². The molecule has 0 bridgehead atoms. The lowest BCUT2D eigenvalue weighted by molar-refractivity contribution is -0.121. The molecule has 0 saturated heterocycles. The van der Waals surface area contributed by atoms with Crippen LogP contribution in [-0.2, 0) is 11.2 Å². The minimum Gasteiger partial charge on any atom is -0.300 e. The Labute approximate surface area is 101 Å². The van der Waals surface area contributed by atoms with Gasteiger partial charge in [0.1, 0.15) is 11.6 Å². The third-order valence-corrected chi connectivity index (χ3v) is 3.01. The first-order valence-corrected chi connectivity index (χ1v) is 5.74. The van der Waals surface area contributed by atoms with Crippen LogP contribution in [-0.4, -0.2) is 5.78 Å². The fourth-order valence-electron chi connectivity index (χ4n) is 1.79. The van der Waals surface area contributed by atoms with Gasteiger partial charge in [-0.1, -0.05) is 25.4 Å². The predicted molar refractivity (Wildman–Crippen MR) is 64.1 cm³/mol. The van der Waals surface area contributed by atoms with Crippen molar-refractivity contribution in [3.63, 3.8) is 0 Å². The molecule has 0 fully saturated rings. The van der Waals surface area contributed by atoms with Crippen LogP contribution < -0.4 is 0 Å². The largest absolute Gasteiger partial charge is 0.300 e. The first kappa shape index (κ1) is 13.2. The topological polar surface area (TPSA) is 17.1 Å². The fourth-order valence-corrected chi connectivity index (χ4v) is 1.98. The number of ketones is 1. The molecule has 1 nitrogen and oxygen atoms in total. The third-order valence-electron chi connectivity index (χ3n) is 2.77. The van der Waals surface area contributed by atoms with Crippen LogP contribution in [0.2, 0.25) is 5.02 Å². The van der Waals surface area contributed by atoms with Gasteiger partial charge in [-0.2, -0.15) is 0 Å². The van der Waals surface area contributed by atoms with Crippen LogP contribution in [0.5, 0.6) is 0 Å². The summed E-state index contributed by atoms with van der Waals surface area (Å²) in [6, 6.07) is 4.45. The minimum atomic E-state index is -0.295. The molecule has 1 rings (SSSR count). The summed E-state index contributed by atoms with van der Waals surface area (Å²) in [6.45, 7) is 5.48. The fraction of sp³-hybridized carbons (Fsp3) is 0.462. The van der Waals surface area contributed by atoms with Gasteiger partial charge < -0.3 is 0 Å². The lowest BCUT2D eigenvalue weighted by Crippen LogP contribution is -2.20. The second-order valence-electron chi connectivity index (χ2n) is 4.40. The molecule has 1 aromatic rings. The highest BCUT2D eigenvalue weighted by Crippen LogP contribution is 2.22. The van der Waals surface area contributed by atoms with Gasteiger partial charge in [0, 0.05) is 10.9 Å². The van der Waals surface area contributed by atoms with Gasteiger partial charge in [-0.3, -0.25) is 4.79 Å². The minimum absolute atomic E-state index is 0.0920. The Hall–Kier alpha value is -0.890. The zero-order valence-corrected chi connectivity index (χ0v) is 10.5. The van der Waals surface area contributed by atoms with Gasteiger partial charge in [0.05, 0.1) is 0 Å². The quantitative estimate of drug-likeness (QED) is 0.783. The zero-order valence-electron chi connectivity index (χ0n) is 9.76. The molecule has 0 heterocycles. The van der Waals surface area contributed by atoms with Crippen molar-refractivity contribution in [1.29, 1.82) is 0 Å². The highest BCUT2D eigenvalue weighted by atomic mass is 35.5. The van der Waals surface area contributed by atoms with Gasteiger partial charge in [0.2, 0.25) is 0 Å². The molecule has 0 N–H and O–H groups in total. The first-order valence-electron chi connectivity index (χ1n) is 5.36. The van der Waals surface area contributed by atoms with Crippen molar-refractivity contribution in [2.75, 3.05) is 0 Å². The van der Waals surface area contributed by atoms with E-state index in [4.69, 9.17) is 11.6 Å². The Morgan fingerprint density at radius 2 is 2.06 bits per heavy atom. The van der Waals surface area contributed by atoms with Crippen LogP contribution in [0.15, 0.2) is 18.2 Å². The molecule has 1 unspecified atom stereocenters. The van der Waals surface area contributed by atoms with Crippen LogP contribution in [0.3, 0.4) is 0 Å². The zero-order chi connectivity index (χ0) is 12.3. The van der Waals surface area contributed by atoms with Gasteiger partial charge in [-0.05, 0) is 43.0 Å². The lowest BCUT2D eigenvalue weighted by Gasteiger charge is -2.18. The molecular weight excluding hydrogens is 227 g/mol. The number of carbonyl (C=O) groups is 1. The second-order valence-corrected chi connectivity index (χ2v) is 4.84. The Bertz CT molecular complexity index is 388. The van der Waals surface area contributed by atoms with E-state index < -0.39 is 0 Å². The molecule has 1 atom stereocenters. The average Bonchev–Trinajstić information content (AvgIpc) is 2.18. The third kappa shape index (κ3) is 3.31. The standard InChI is InChI=1S/C13H16ClFO/c1-8(2)12(9(3)16)7-10-6-11(14)4-5-13(10)15/h4-6,8,12H,7H2,1-3H3. The summed E-state index contributed by atoms with van der Waals surface area (Å²) < 4.78 is 13.5. The Kier molecular flexibility index (Phi) is 4.48. The van der Waals surface area contributed by atoms with Gasteiger partial charge in [0.15, 0.2) is 0 Å². The van der Waals surface area contributed by atoms with Gasteiger partial charge in [0.25, 0.3) is 0 Å². The van der Waals surface area contributed by atoms with Gasteiger partial charge in [-0.15, -0.1) is 0 Å². The van der Waals surface area contributed by atoms with Crippen LogP contribution in [0.25, 0.3) is 0 Å². The number of carbonyl (C=O) groups excluding carboxylic acids is 1. The molecule has 0 aliphatic heterocycles. The van der Waals surface area contributed by atoms with Gasteiger partial charge in [-0.25, -0.2) is 4.39 Å². The maximum atomic E-state index is 13.5. The summed E-state index contributed by atoms with van der Waals surface area (Å²) in [5, 5.41) is 0.502. The maximum Gasteiger partial charge on any atom is 0.133 e. The van der Waals surface area contributed by atoms with Crippen molar-refractivity contribution in [2.24, 2.45) is 11.8 Å². The van der Waals surface area contributed by atoms with Crippen LogP contribution in [0, 0.1) is 17.7 Å². The number of hydrogen-bond donors (Lipinski definition) is 0. The highest BCUT2D eigenvalue weighted by Gasteiger charge is 2.20. The van der Waals surface area contributed by atoms with Crippen molar-refractivity contribution in [1.82, 2.24) is 0 Å². The van der Waals surface area contributed by atoms with E-state index in [1.807, 2.05) is 13.8 Å². The summed E-state index contributed by atoms with van der Waals surface area (Å²) in [7, 11) is 0. The summed E-state index contributed by atoms with van der Waals surface area (Å²) in [4.78, 5) is 11.4. The van der Waals surface area contributed by atoms with Crippen molar-refractivity contribution in [3.8, 4) is 0 Å². The van der Waals surface area contributed by atoms with E-state index in [0.29, 0.717) is 17.0 Å². The maximum absolute atomic E-state index is 13.5. The van der Waals surface area contributed by atoms with Crippen LogP contribution >= 0.6 is 11.6 Å². The molecule has 0 amide bonds. The molecule has 1 aromatic carbocycles. The highest BCUT2D eigenvalue weighted by molar-refractivity contribution is 6.30. The Balaban J connectivity index is 2.93. The van der Waals surface area contributed by atoms with Crippen molar-refractivity contribution in [2.45, 2.75) is 27.2 Å². The molecule has 0 aliphatic carbocycles. The number of halogens is 2. The van der Waals surface area contributed by atoms with E-state index in [0.717, 1.165) is 0 Å². The monoisotopic (exact) mass is 242 g/mol. The molecule has 3 heteroatoms. The molecule has 0 radical (unpaired) electrons. The molecule has 0 spiro atoms. The summed E-state index contributed by atoms with van der Waals surface area (Å²) >= 11 is 5.81. The van der Waals surface area contributed by atoms with Crippen molar-refractivity contribution in [3.05, 3.63) is 34.6 Å². The van der Waals surface area contributed by atoms with Crippen molar-refractivity contribution < 1.29 is 9.18 Å². The van der Waals surface area contributed by atoms with E-state index in [9.17, 15) is 9.18 Å². The van der Waals surface area contributed by atoms with E-state index in [-0.39, 0.29) is 23.4 Å². The summed E-state index contributed by atoms with van der Waals surface area (Å²) in [6.07, 6.45) is 0.416. The lowest BCUT2D eigenvalue weighted by atomic mass is 9.86. The Morgan fingerprint density at radius 3 is 2.56 bits per heavy atom. The summed E-state index contributed by atoms with van der Waals surface area (Å²) in [5.74, 6) is -0.144. The second kappa shape index (κ2) is 5.44. The number of rotatable bonds is 4. The smallest absolute Gasteiger partial charge is 0.133 e. The van der Waals surface area contributed by atoms with E-state index in [1.165, 1.54) is 12.1 Å². The van der Waals surface area contributed by atoms with Crippen LogP contribution in [0.1, 0.15) is 26.3 Å². The molecule has 16 heavy (non-hydrogen) atoms. The number of hydrogen-bond acceptors (Lipinski definition) is 1. The molecule has 0 aliphatic rings. The normalized spacial score (nSPS) is 12.9. The van der Waals surface area contributed by atoms with E-state index in [2.05, 4.69) is 0 Å². The number of Topliss-reactive ketones (excluding diaryl/α,β-unsaturated/α-hetero) is 1. The molecule has 88 valence electrons. The molecule has 0 aromatic heterocycles. The van der Waals surface area contributed by atoms with Crippen molar-refractivity contribution >= 4 is 17.4 Å². The molecule has 0 saturated carbocycles. The molecular formula is C13H16ClFO. The van der Waals surface area contributed by atoms with Crippen LogP contribution in [0.4, 0.5) is 4.39 Å². The SMILES string of the molecule is CC(=O)C(Cc1cc(Cl)ccc1F)C(C)C. The first-order chi connectivity index (χ1) is 7.41. The van der Waals surface area contributed by atoms with Gasteiger partial charge >= 0.3 is 0 Å².